The third kappa shape index (κ3) is 3.16. The second-order valence-electron chi connectivity index (χ2n) is 6.42. The van der Waals surface area contributed by atoms with E-state index in [9.17, 15) is 9.59 Å². The number of aromatic nitrogens is 3. The first-order valence-corrected chi connectivity index (χ1v) is 8.92. The summed E-state index contributed by atoms with van der Waals surface area (Å²) in [6.45, 7) is 7.46. The van der Waals surface area contributed by atoms with Crippen molar-refractivity contribution in [3.8, 4) is 0 Å². The Bertz CT molecular complexity index is 853. The van der Waals surface area contributed by atoms with Crippen molar-refractivity contribution < 1.29 is 0 Å². The molecule has 24 heavy (non-hydrogen) atoms. The number of rotatable bonds is 3. The van der Waals surface area contributed by atoms with Crippen LogP contribution >= 0.6 is 11.3 Å². The molecule has 7 nitrogen and oxygen atoms in total. The zero-order chi connectivity index (χ0) is 17.4. The maximum absolute atomic E-state index is 12.0. The van der Waals surface area contributed by atoms with E-state index in [2.05, 4.69) is 27.1 Å². The van der Waals surface area contributed by atoms with Gasteiger partial charge >= 0.3 is 5.69 Å². The molecule has 0 amide bonds. The van der Waals surface area contributed by atoms with Crippen molar-refractivity contribution in [1.82, 2.24) is 19.0 Å². The normalized spacial score (nSPS) is 19.0. The van der Waals surface area contributed by atoms with E-state index in [0.29, 0.717) is 12.6 Å². The zero-order valence-electron chi connectivity index (χ0n) is 14.5. The van der Waals surface area contributed by atoms with Gasteiger partial charge in [-0.3, -0.25) is 18.8 Å². The van der Waals surface area contributed by atoms with Crippen molar-refractivity contribution in [2.45, 2.75) is 26.4 Å². The number of piperazine rings is 1. The summed E-state index contributed by atoms with van der Waals surface area (Å²) in [5.74, 6) is 0. The van der Waals surface area contributed by atoms with E-state index >= 15 is 0 Å². The lowest BCUT2D eigenvalue weighted by atomic mass is 10.2. The first-order valence-electron chi connectivity index (χ1n) is 8.04. The molecule has 0 spiro atoms. The van der Waals surface area contributed by atoms with Gasteiger partial charge in [0.25, 0.3) is 5.56 Å². The highest BCUT2D eigenvalue weighted by Gasteiger charge is 2.26. The molecule has 0 radical (unpaired) electrons. The molecular weight excluding hydrogens is 326 g/mol. The van der Waals surface area contributed by atoms with Crippen molar-refractivity contribution >= 4 is 16.5 Å². The fourth-order valence-corrected chi connectivity index (χ4v) is 4.03. The van der Waals surface area contributed by atoms with Gasteiger partial charge < -0.3 is 4.90 Å². The summed E-state index contributed by atoms with van der Waals surface area (Å²) in [6.07, 6.45) is 0. The Morgan fingerprint density at radius 3 is 2.62 bits per heavy atom. The molecule has 1 saturated heterocycles. The summed E-state index contributed by atoms with van der Waals surface area (Å²) < 4.78 is 2.69. The fraction of sp³-hybridized carbons (Fsp3) is 0.562. The monoisotopic (exact) mass is 349 g/mol. The van der Waals surface area contributed by atoms with E-state index in [1.807, 2.05) is 6.92 Å². The molecular formula is C16H23N5O2S. The Labute approximate surface area is 144 Å². The Kier molecular flexibility index (Phi) is 4.60. The van der Waals surface area contributed by atoms with Crippen LogP contribution in [0.5, 0.6) is 0 Å². The second kappa shape index (κ2) is 6.52. The number of aryl methyl sites for hydroxylation is 1. The Hall–Kier alpha value is -1.93. The molecule has 3 rings (SSSR count). The van der Waals surface area contributed by atoms with E-state index in [0.717, 1.165) is 40.7 Å². The van der Waals surface area contributed by atoms with Gasteiger partial charge in [0.15, 0.2) is 5.13 Å². The maximum atomic E-state index is 12.0. The number of anilines is 1. The zero-order valence-corrected chi connectivity index (χ0v) is 15.3. The van der Waals surface area contributed by atoms with Crippen LogP contribution in [0.1, 0.15) is 18.3 Å². The van der Waals surface area contributed by atoms with Gasteiger partial charge in [-0.2, -0.15) is 0 Å². The SMILES string of the molecule is Cc1csc(N2CCN(Cc3cc(=O)n(C)c(=O)n3C)C[C@@H]2C)n1. The quantitative estimate of drug-likeness (QED) is 0.810. The molecule has 1 atom stereocenters. The molecule has 0 saturated carbocycles. The highest BCUT2D eigenvalue weighted by atomic mass is 32.1. The smallest absolute Gasteiger partial charge is 0.330 e. The molecule has 1 aliphatic rings. The van der Waals surface area contributed by atoms with Gasteiger partial charge in [0.1, 0.15) is 0 Å². The summed E-state index contributed by atoms with van der Waals surface area (Å²) in [5.41, 5.74) is 1.29. The van der Waals surface area contributed by atoms with E-state index in [4.69, 9.17) is 0 Å². The highest BCUT2D eigenvalue weighted by Crippen LogP contribution is 2.24. The van der Waals surface area contributed by atoms with Crippen LogP contribution < -0.4 is 16.1 Å². The standard InChI is InChI=1S/C16H23N5O2S/c1-11-10-24-15(17-11)21-6-5-20(8-12(21)2)9-13-7-14(22)19(4)16(23)18(13)3/h7,10,12H,5-6,8-9H2,1-4H3/t12-/m0/s1. The van der Waals surface area contributed by atoms with Gasteiger partial charge in [-0.1, -0.05) is 0 Å². The molecule has 3 heterocycles. The minimum atomic E-state index is -0.276. The van der Waals surface area contributed by atoms with Gasteiger partial charge in [0.2, 0.25) is 0 Å². The second-order valence-corrected chi connectivity index (χ2v) is 7.26. The molecule has 1 aliphatic heterocycles. The fourth-order valence-electron chi connectivity index (χ4n) is 3.09. The van der Waals surface area contributed by atoms with Gasteiger partial charge in [-0.25, -0.2) is 9.78 Å². The van der Waals surface area contributed by atoms with Crippen LogP contribution in [0.4, 0.5) is 5.13 Å². The van der Waals surface area contributed by atoms with Crippen molar-refractivity contribution in [1.29, 1.82) is 0 Å². The summed E-state index contributed by atoms with van der Waals surface area (Å²) >= 11 is 1.68. The highest BCUT2D eigenvalue weighted by molar-refractivity contribution is 7.13. The van der Waals surface area contributed by atoms with Gasteiger partial charge in [0, 0.05) is 63.5 Å². The first-order chi connectivity index (χ1) is 11.4. The third-order valence-corrected chi connectivity index (χ3v) is 5.57. The van der Waals surface area contributed by atoms with Crippen LogP contribution in [0, 0.1) is 6.92 Å². The van der Waals surface area contributed by atoms with Crippen molar-refractivity contribution in [2.75, 3.05) is 24.5 Å². The molecule has 1 fully saturated rings. The molecule has 0 aliphatic carbocycles. The molecule has 0 bridgehead atoms. The predicted molar refractivity (Wildman–Crippen MR) is 95.9 cm³/mol. The van der Waals surface area contributed by atoms with E-state index in [1.165, 1.54) is 7.05 Å². The van der Waals surface area contributed by atoms with Crippen LogP contribution in [0.15, 0.2) is 21.0 Å². The lowest BCUT2D eigenvalue weighted by Gasteiger charge is -2.39. The lowest BCUT2D eigenvalue weighted by Crippen LogP contribution is -2.52. The molecule has 0 aromatic carbocycles. The summed E-state index contributed by atoms with van der Waals surface area (Å²) in [4.78, 5) is 33.1. The maximum Gasteiger partial charge on any atom is 0.330 e. The van der Waals surface area contributed by atoms with Crippen molar-refractivity contribution in [3.05, 3.63) is 43.7 Å². The van der Waals surface area contributed by atoms with Crippen molar-refractivity contribution in [2.24, 2.45) is 14.1 Å². The summed E-state index contributed by atoms with van der Waals surface area (Å²) in [6, 6.07) is 1.90. The van der Waals surface area contributed by atoms with Gasteiger partial charge in [0.05, 0.1) is 5.69 Å². The summed E-state index contributed by atoms with van der Waals surface area (Å²) in [5, 5.41) is 3.14. The molecule has 2 aromatic heterocycles. The first kappa shape index (κ1) is 16.9. The van der Waals surface area contributed by atoms with Gasteiger partial charge in [-0.05, 0) is 13.8 Å². The Balaban J connectivity index is 1.73. The number of thiazole rings is 1. The third-order valence-electron chi connectivity index (χ3n) is 4.58. The number of hydrogen-bond donors (Lipinski definition) is 0. The minimum Gasteiger partial charge on any atom is -0.343 e. The van der Waals surface area contributed by atoms with E-state index in [1.54, 1.807) is 29.0 Å². The summed E-state index contributed by atoms with van der Waals surface area (Å²) in [7, 11) is 3.22. The molecule has 0 unspecified atom stereocenters. The molecule has 2 aromatic rings. The van der Waals surface area contributed by atoms with Gasteiger partial charge in [-0.15, -0.1) is 11.3 Å². The average Bonchev–Trinajstić information content (AvgIpc) is 2.97. The number of hydrogen-bond acceptors (Lipinski definition) is 6. The van der Waals surface area contributed by atoms with Crippen molar-refractivity contribution in [3.63, 3.8) is 0 Å². The number of nitrogens with zero attached hydrogens (tertiary/aromatic N) is 5. The van der Waals surface area contributed by atoms with Crippen LogP contribution in [-0.2, 0) is 20.6 Å². The molecule has 8 heteroatoms. The Morgan fingerprint density at radius 1 is 1.25 bits per heavy atom. The predicted octanol–water partition coefficient (Wildman–Crippen LogP) is 0.560. The lowest BCUT2D eigenvalue weighted by molar-refractivity contribution is 0.215. The molecule has 0 N–H and O–H groups in total. The van der Waals surface area contributed by atoms with Crippen LogP contribution in [0.3, 0.4) is 0 Å². The minimum absolute atomic E-state index is 0.252. The van der Waals surface area contributed by atoms with E-state index in [-0.39, 0.29) is 11.2 Å². The van der Waals surface area contributed by atoms with Crippen LogP contribution in [0.2, 0.25) is 0 Å². The topological polar surface area (TPSA) is 63.4 Å². The Morgan fingerprint density at radius 2 is 2.00 bits per heavy atom. The largest absolute Gasteiger partial charge is 0.343 e. The molecule has 130 valence electrons. The van der Waals surface area contributed by atoms with E-state index < -0.39 is 0 Å². The van der Waals surface area contributed by atoms with Crippen LogP contribution in [-0.4, -0.2) is 44.7 Å². The average molecular weight is 349 g/mol. The van der Waals surface area contributed by atoms with Crippen LogP contribution in [0.25, 0.3) is 0 Å².